The van der Waals surface area contributed by atoms with Gasteiger partial charge in [-0.25, -0.2) is 0 Å². The third kappa shape index (κ3) is 3.80. The molecule has 3 rings (SSSR count). The number of nitrogens with two attached hydrogens (primary N) is 1. The van der Waals surface area contributed by atoms with Crippen LogP contribution in [0.1, 0.15) is 21.8 Å². The Hall–Kier alpha value is -2.12. The Kier molecular flexibility index (Phi) is 4.78. The maximum absolute atomic E-state index is 12.3. The van der Waals surface area contributed by atoms with Crippen LogP contribution < -0.4 is 15.8 Å². The number of aryl methyl sites for hydroxylation is 1. The van der Waals surface area contributed by atoms with E-state index in [9.17, 15) is 4.79 Å². The summed E-state index contributed by atoms with van der Waals surface area (Å²) < 4.78 is 11.5. The Morgan fingerprint density at radius 3 is 3.04 bits per heavy atom. The normalized spacial score (nSPS) is 20.9. The number of nitrogens with one attached hydrogen (secondary N) is 1. The van der Waals surface area contributed by atoms with Crippen LogP contribution in [-0.4, -0.2) is 36.3 Å². The van der Waals surface area contributed by atoms with Crippen molar-refractivity contribution in [1.29, 1.82) is 0 Å². The number of hydrogen-bond donors (Lipinski definition) is 2. The van der Waals surface area contributed by atoms with E-state index in [1.165, 1.54) is 11.3 Å². The highest BCUT2D eigenvalue weighted by atomic mass is 32.1. The van der Waals surface area contributed by atoms with Gasteiger partial charge in [0.25, 0.3) is 5.91 Å². The van der Waals surface area contributed by atoms with Crippen LogP contribution in [-0.2, 0) is 4.74 Å². The second-order valence-corrected chi connectivity index (χ2v) is 6.36. The summed E-state index contributed by atoms with van der Waals surface area (Å²) >= 11 is 1.32. The van der Waals surface area contributed by atoms with Crippen LogP contribution in [0.4, 0.5) is 5.69 Å². The van der Waals surface area contributed by atoms with Crippen LogP contribution in [0.3, 0.4) is 0 Å². The molecule has 0 saturated carbocycles. The topological polar surface area (TPSA) is 86.5 Å². The van der Waals surface area contributed by atoms with E-state index in [4.69, 9.17) is 15.2 Å². The molecule has 0 aliphatic carbocycles. The van der Waals surface area contributed by atoms with Gasteiger partial charge in [-0.3, -0.25) is 9.78 Å². The largest absolute Gasteiger partial charge is 0.486 e. The first-order valence-electron chi connectivity index (χ1n) is 7.44. The van der Waals surface area contributed by atoms with E-state index in [1.807, 2.05) is 19.1 Å². The maximum atomic E-state index is 12.3. The Bertz CT molecular complexity index is 671. The summed E-state index contributed by atoms with van der Waals surface area (Å²) in [5, 5.41) is 4.76. The quantitative estimate of drug-likeness (QED) is 0.894. The monoisotopic (exact) mass is 333 g/mol. The molecule has 1 fully saturated rings. The average Bonchev–Trinajstić information content (AvgIpc) is 2.97. The summed E-state index contributed by atoms with van der Waals surface area (Å²) in [6.45, 7) is 2.95. The summed E-state index contributed by atoms with van der Waals surface area (Å²) in [5.74, 6) is 0.501. The van der Waals surface area contributed by atoms with Crippen molar-refractivity contribution >= 4 is 22.9 Å². The minimum Gasteiger partial charge on any atom is -0.486 e. The lowest BCUT2D eigenvalue weighted by Gasteiger charge is -2.32. The van der Waals surface area contributed by atoms with Gasteiger partial charge >= 0.3 is 0 Å². The second kappa shape index (κ2) is 6.97. The highest BCUT2D eigenvalue weighted by Gasteiger charge is 2.30. The number of amides is 1. The van der Waals surface area contributed by atoms with Crippen LogP contribution >= 0.6 is 11.3 Å². The number of anilines is 1. The van der Waals surface area contributed by atoms with Gasteiger partial charge in [-0.05, 0) is 30.5 Å². The zero-order valence-electron chi connectivity index (χ0n) is 12.8. The number of ether oxygens (including phenoxy) is 2. The van der Waals surface area contributed by atoms with E-state index >= 15 is 0 Å². The van der Waals surface area contributed by atoms with Crippen LogP contribution in [0, 0.1) is 6.92 Å². The predicted molar refractivity (Wildman–Crippen MR) is 88.8 cm³/mol. The molecule has 1 aliphatic rings. The summed E-state index contributed by atoms with van der Waals surface area (Å²) in [4.78, 5) is 17.1. The maximum Gasteiger partial charge on any atom is 0.263 e. The fraction of sp³-hybridized carbons (Fsp3) is 0.375. The first kappa shape index (κ1) is 15.8. The Morgan fingerprint density at radius 1 is 1.48 bits per heavy atom. The third-order valence-electron chi connectivity index (χ3n) is 3.68. The predicted octanol–water partition coefficient (Wildman–Crippen LogP) is 2.00. The number of aromatic nitrogens is 1. The number of nitrogen functional groups attached to an aromatic ring is 1. The van der Waals surface area contributed by atoms with Gasteiger partial charge in [-0.15, -0.1) is 11.3 Å². The molecule has 0 unspecified atom stereocenters. The fourth-order valence-electron chi connectivity index (χ4n) is 2.43. The molecule has 3 N–H and O–H groups in total. The van der Waals surface area contributed by atoms with E-state index in [-0.39, 0.29) is 18.1 Å². The van der Waals surface area contributed by atoms with Gasteiger partial charge < -0.3 is 20.5 Å². The zero-order valence-corrected chi connectivity index (χ0v) is 13.6. The van der Waals surface area contributed by atoms with Gasteiger partial charge in [-0.2, -0.15) is 0 Å². The number of pyridine rings is 1. The van der Waals surface area contributed by atoms with Gasteiger partial charge in [0, 0.05) is 12.1 Å². The number of carbonyl (C=O) groups is 1. The first-order valence-corrected chi connectivity index (χ1v) is 8.32. The summed E-state index contributed by atoms with van der Waals surface area (Å²) in [5.41, 5.74) is 7.22. The van der Waals surface area contributed by atoms with Crippen molar-refractivity contribution in [2.24, 2.45) is 0 Å². The van der Waals surface area contributed by atoms with Crippen molar-refractivity contribution in [3.8, 4) is 5.75 Å². The molecule has 2 aromatic heterocycles. The number of nitrogens with zero attached hydrogens (tertiary/aromatic N) is 1. The van der Waals surface area contributed by atoms with Crippen LogP contribution in [0.5, 0.6) is 5.75 Å². The molecule has 1 aliphatic heterocycles. The molecule has 0 aromatic carbocycles. The van der Waals surface area contributed by atoms with Crippen molar-refractivity contribution in [3.63, 3.8) is 0 Å². The number of rotatable bonds is 4. The van der Waals surface area contributed by atoms with E-state index < -0.39 is 0 Å². The SMILES string of the molecule is Cc1ccc(O[C@H]2CCOC[C@H]2NC(=O)c2sccc2N)cn1. The van der Waals surface area contributed by atoms with Gasteiger partial charge in [-0.1, -0.05) is 0 Å². The molecule has 3 heterocycles. The van der Waals surface area contributed by atoms with Gasteiger partial charge in [0.15, 0.2) is 0 Å². The average molecular weight is 333 g/mol. The Morgan fingerprint density at radius 2 is 2.35 bits per heavy atom. The highest BCUT2D eigenvalue weighted by molar-refractivity contribution is 7.12. The number of carbonyl (C=O) groups excluding carboxylic acids is 1. The molecule has 6 nitrogen and oxygen atoms in total. The molecule has 0 spiro atoms. The standard InChI is InChI=1S/C16H19N3O3S/c1-10-2-3-11(8-18-10)22-14-4-6-21-9-13(14)19-16(20)15-12(17)5-7-23-15/h2-3,5,7-8,13-14H,4,6,9,17H2,1H3,(H,19,20)/t13-,14+/m1/s1. The van der Waals surface area contributed by atoms with Crippen molar-refractivity contribution in [3.05, 3.63) is 40.3 Å². The van der Waals surface area contributed by atoms with E-state index in [1.54, 1.807) is 17.6 Å². The van der Waals surface area contributed by atoms with E-state index in [0.717, 1.165) is 5.69 Å². The Balaban J connectivity index is 1.67. The fourth-order valence-corrected chi connectivity index (χ4v) is 3.15. The highest BCUT2D eigenvalue weighted by Crippen LogP contribution is 2.21. The first-order chi connectivity index (χ1) is 11.1. The Labute approximate surface area is 138 Å². The van der Waals surface area contributed by atoms with E-state index in [0.29, 0.717) is 35.9 Å². The molecule has 1 amide bonds. The lowest BCUT2D eigenvalue weighted by Crippen LogP contribution is -2.51. The zero-order chi connectivity index (χ0) is 16.2. The summed E-state index contributed by atoms with van der Waals surface area (Å²) in [6.07, 6.45) is 2.25. The molecule has 2 atom stereocenters. The molecule has 23 heavy (non-hydrogen) atoms. The lowest BCUT2D eigenvalue weighted by molar-refractivity contribution is -0.00294. The summed E-state index contributed by atoms with van der Waals surface area (Å²) in [7, 11) is 0. The molecule has 0 radical (unpaired) electrons. The smallest absolute Gasteiger partial charge is 0.263 e. The molecular weight excluding hydrogens is 314 g/mol. The van der Waals surface area contributed by atoms with E-state index in [2.05, 4.69) is 10.3 Å². The molecule has 0 bridgehead atoms. The number of thiophene rings is 1. The van der Waals surface area contributed by atoms with Gasteiger partial charge in [0.2, 0.25) is 0 Å². The molecule has 2 aromatic rings. The van der Waals surface area contributed by atoms with Gasteiger partial charge in [0.1, 0.15) is 16.7 Å². The van der Waals surface area contributed by atoms with Crippen molar-refractivity contribution in [1.82, 2.24) is 10.3 Å². The molecular formula is C16H19N3O3S. The molecule has 122 valence electrons. The molecule has 1 saturated heterocycles. The number of hydrogen-bond acceptors (Lipinski definition) is 6. The minimum absolute atomic E-state index is 0.154. The van der Waals surface area contributed by atoms with Crippen LogP contribution in [0.2, 0.25) is 0 Å². The van der Waals surface area contributed by atoms with Crippen LogP contribution in [0.25, 0.3) is 0 Å². The van der Waals surface area contributed by atoms with Crippen molar-refractivity contribution < 1.29 is 14.3 Å². The lowest BCUT2D eigenvalue weighted by atomic mass is 10.1. The van der Waals surface area contributed by atoms with Crippen molar-refractivity contribution in [2.45, 2.75) is 25.5 Å². The van der Waals surface area contributed by atoms with Crippen LogP contribution in [0.15, 0.2) is 29.8 Å². The van der Waals surface area contributed by atoms with Gasteiger partial charge in [0.05, 0.1) is 31.1 Å². The summed E-state index contributed by atoms with van der Waals surface area (Å²) in [6, 6.07) is 5.28. The third-order valence-corrected chi connectivity index (χ3v) is 4.61. The van der Waals surface area contributed by atoms with Crippen molar-refractivity contribution in [2.75, 3.05) is 18.9 Å². The second-order valence-electron chi connectivity index (χ2n) is 5.44. The minimum atomic E-state index is -0.223. The molecule has 7 heteroatoms.